The highest BCUT2D eigenvalue weighted by atomic mass is 16.2. The summed E-state index contributed by atoms with van der Waals surface area (Å²) in [4.78, 5) is 28.8. The minimum absolute atomic E-state index is 0.0279. The Labute approximate surface area is 213 Å². The largest absolute Gasteiger partial charge is 0.322 e. The fourth-order valence-electron chi connectivity index (χ4n) is 4.32. The third kappa shape index (κ3) is 9.79. The average molecular weight is 485 g/mol. The predicted octanol–water partition coefficient (Wildman–Crippen LogP) is 7.34. The lowest BCUT2D eigenvalue weighted by Crippen LogP contribution is -2.47. The number of urea groups is 2. The van der Waals surface area contributed by atoms with E-state index in [0.29, 0.717) is 6.54 Å². The van der Waals surface area contributed by atoms with Crippen molar-refractivity contribution >= 4 is 17.7 Å². The Morgan fingerprint density at radius 3 is 1.94 bits per heavy atom. The van der Waals surface area contributed by atoms with Crippen molar-refractivity contribution in [2.24, 2.45) is 0 Å². The Morgan fingerprint density at radius 2 is 1.43 bits per heavy atom. The SMILES string of the molecule is CC.CCN(C(=O)Nc1ccc(CC2=CC=C(NC(=O)N(C(C)C)C(C)C)CCC2)cc1)C(C)C. The van der Waals surface area contributed by atoms with Gasteiger partial charge in [-0.2, -0.15) is 0 Å². The van der Waals surface area contributed by atoms with Gasteiger partial charge in [0.2, 0.25) is 0 Å². The number of rotatable bonds is 8. The molecule has 0 spiro atoms. The number of hydrogen-bond acceptors (Lipinski definition) is 2. The molecular formula is C29H48N4O2. The third-order valence-electron chi connectivity index (χ3n) is 5.94. The number of benzene rings is 1. The third-order valence-corrected chi connectivity index (χ3v) is 5.94. The molecule has 0 radical (unpaired) electrons. The van der Waals surface area contributed by atoms with Crippen LogP contribution in [0, 0.1) is 0 Å². The van der Waals surface area contributed by atoms with Gasteiger partial charge < -0.3 is 20.4 Å². The van der Waals surface area contributed by atoms with Gasteiger partial charge in [0.15, 0.2) is 0 Å². The zero-order valence-corrected chi connectivity index (χ0v) is 23.4. The number of nitrogens with zero attached hydrogens (tertiary/aromatic N) is 2. The van der Waals surface area contributed by atoms with Crippen LogP contribution in [0.3, 0.4) is 0 Å². The average Bonchev–Trinajstić information content (AvgIpc) is 3.01. The van der Waals surface area contributed by atoms with E-state index in [0.717, 1.165) is 37.1 Å². The van der Waals surface area contributed by atoms with Crippen LogP contribution < -0.4 is 10.6 Å². The van der Waals surface area contributed by atoms with Crippen LogP contribution in [0.2, 0.25) is 0 Å². The molecule has 1 aliphatic rings. The first-order valence-corrected chi connectivity index (χ1v) is 13.3. The number of carbonyl (C=O) groups excluding carboxylic acids is 2. The molecule has 1 aliphatic carbocycles. The van der Waals surface area contributed by atoms with Gasteiger partial charge in [-0.15, -0.1) is 0 Å². The van der Waals surface area contributed by atoms with E-state index >= 15 is 0 Å². The van der Waals surface area contributed by atoms with E-state index in [1.54, 1.807) is 4.90 Å². The summed E-state index contributed by atoms with van der Waals surface area (Å²) in [5, 5.41) is 6.10. The molecule has 0 fully saturated rings. The van der Waals surface area contributed by atoms with Crippen molar-refractivity contribution in [2.75, 3.05) is 11.9 Å². The highest BCUT2D eigenvalue weighted by Crippen LogP contribution is 2.22. The first-order valence-electron chi connectivity index (χ1n) is 13.3. The van der Waals surface area contributed by atoms with Gasteiger partial charge in [0.1, 0.15) is 0 Å². The van der Waals surface area contributed by atoms with Crippen molar-refractivity contribution in [1.29, 1.82) is 0 Å². The van der Waals surface area contributed by atoms with Crippen LogP contribution in [0.15, 0.2) is 47.7 Å². The fourth-order valence-corrected chi connectivity index (χ4v) is 4.32. The monoisotopic (exact) mass is 484 g/mol. The Morgan fingerprint density at radius 1 is 0.829 bits per heavy atom. The number of amides is 4. The summed E-state index contributed by atoms with van der Waals surface area (Å²) in [6.45, 7) is 18.9. The molecule has 0 aliphatic heterocycles. The minimum Gasteiger partial charge on any atom is -0.322 e. The Kier molecular flexibility index (Phi) is 13.2. The summed E-state index contributed by atoms with van der Waals surface area (Å²) < 4.78 is 0. The van der Waals surface area contributed by atoms with E-state index in [-0.39, 0.29) is 30.2 Å². The molecule has 0 aromatic heterocycles. The lowest BCUT2D eigenvalue weighted by molar-refractivity contribution is 0.167. The lowest BCUT2D eigenvalue weighted by Gasteiger charge is -2.31. The van der Waals surface area contributed by atoms with Crippen LogP contribution in [0.25, 0.3) is 0 Å². The van der Waals surface area contributed by atoms with E-state index < -0.39 is 0 Å². The van der Waals surface area contributed by atoms with Crippen LogP contribution >= 0.6 is 0 Å². The molecule has 1 aromatic rings. The second-order valence-electron chi connectivity index (χ2n) is 9.58. The zero-order valence-electron chi connectivity index (χ0n) is 23.4. The van der Waals surface area contributed by atoms with Crippen molar-refractivity contribution < 1.29 is 9.59 Å². The molecule has 0 saturated heterocycles. The van der Waals surface area contributed by atoms with Gasteiger partial charge in [-0.1, -0.05) is 37.6 Å². The normalized spacial score (nSPS) is 13.4. The molecule has 2 rings (SSSR count). The summed E-state index contributed by atoms with van der Waals surface area (Å²) in [5.41, 5.74) is 4.34. The summed E-state index contributed by atoms with van der Waals surface area (Å²) in [7, 11) is 0. The fraction of sp³-hybridized carbons (Fsp3) is 0.586. The first kappa shape index (κ1) is 30.3. The molecule has 0 heterocycles. The maximum atomic E-state index is 12.7. The van der Waals surface area contributed by atoms with Crippen LogP contribution in [0.1, 0.15) is 87.1 Å². The summed E-state index contributed by atoms with van der Waals surface area (Å²) in [6, 6.07) is 8.46. The Balaban J connectivity index is 0.00000298. The van der Waals surface area contributed by atoms with E-state index in [1.807, 2.05) is 79.3 Å². The standard InChI is InChI=1S/C27H42N4O2.C2H6/c1-8-30(19(2)3)26(32)28-25-16-13-23(14-17-25)18-22-10-9-11-24(15-12-22)29-27(33)31(20(4)5)21(6)7;1-2/h12-17,19-21H,8-11,18H2,1-7H3,(H,28,32)(H,29,33);1-2H3. The van der Waals surface area contributed by atoms with Gasteiger partial charge in [0, 0.05) is 36.1 Å². The first-order chi connectivity index (χ1) is 16.6. The highest BCUT2D eigenvalue weighted by Gasteiger charge is 2.21. The van der Waals surface area contributed by atoms with Gasteiger partial charge in [-0.05, 0) is 97.9 Å². The van der Waals surface area contributed by atoms with E-state index in [4.69, 9.17) is 0 Å². The summed E-state index contributed by atoms with van der Waals surface area (Å²) in [5.74, 6) is 0. The molecule has 0 atom stereocenters. The topological polar surface area (TPSA) is 64.7 Å². The van der Waals surface area contributed by atoms with Gasteiger partial charge in [-0.25, -0.2) is 9.59 Å². The maximum absolute atomic E-state index is 12.7. The van der Waals surface area contributed by atoms with E-state index in [9.17, 15) is 9.59 Å². The van der Waals surface area contributed by atoms with Gasteiger partial charge in [0.25, 0.3) is 0 Å². The maximum Gasteiger partial charge on any atom is 0.322 e. The zero-order chi connectivity index (χ0) is 26.5. The van der Waals surface area contributed by atoms with E-state index in [1.165, 1.54) is 11.1 Å². The molecule has 2 N–H and O–H groups in total. The molecule has 0 saturated carbocycles. The molecule has 0 bridgehead atoms. The van der Waals surface area contributed by atoms with Gasteiger partial charge in [0.05, 0.1) is 0 Å². The molecule has 6 heteroatoms. The Hall–Kier alpha value is -2.76. The molecular weight excluding hydrogens is 436 g/mol. The number of anilines is 1. The Bertz CT molecular complexity index is 846. The van der Waals surface area contributed by atoms with Crippen molar-refractivity contribution in [3.05, 3.63) is 53.3 Å². The van der Waals surface area contributed by atoms with Crippen LogP contribution in [-0.2, 0) is 6.42 Å². The lowest BCUT2D eigenvalue weighted by atomic mass is 10.0. The van der Waals surface area contributed by atoms with Crippen molar-refractivity contribution in [3.8, 4) is 0 Å². The second kappa shape index (κ2) is 15.3. The highest BCUT2D eigenvalue weighted by molar-refractivity contribution is 5.89. The van der Waals surface area contributed by atoms with Crippen molar-refractivity contribution in [1.82, 2.24) is 15.1 Å². The van der Waals surface area contributed by atoms with Crippen LogP contribution in [0.4, 0.5) is 15.3 Å². The smallest absolute Gasteiger partial charge is 0.322 e. The van der Waals surface area contributed by atoms with Crippen molar-refractivity contribution in [2.45, 2.75) is 106 Å². The predicted molar refractivity (Wildman–Crippen MR) is 149 cm³/mol. The quantitative estimate of drug-likeness (QED) is 0.405. The molecule has 196 valence electrons. The summed E-state index contributed by atoms with van der Waals surface area (Å²) >= 11 is 0. The van der Waals surface area contributed by atoms with Crippen molar-refractivity contribution in [3.63, 3.8) is 0 Å². The second-order valence-corrected chi connectivity index (χ2v) is 9.58. The number of hydrogen-bond donors (Lipinski definition) is 2. The molecule has 1 aromatic carbocycles. The summed E-state index contributed by atoms with van der Waals surface area (Å²) in [6.07, 6.45) is 7.95. The van der Waals surface area contributed by atoms with Crippen LogP contribution in [0.5, 0.6) is 0 Å². The number of allylic oxidation sites excluding steroid dienone is 4. The molecule has 35 heavy (non-hydrogen) atoms. The van der Waals surface area contributed by atoms with Crippen LogP contribution in [-0.4, -0.2) is 46.5 Å². The number of nitrogens with one attached hydrogen (secondary N) is 2. The molecule has 0 unspecified atom stereocenters. The molecule has 4 amide bonds. The minimum atomic E-state index is -0.0695. The van der Waals surface area contributed by atoms with E-state index in [2.05, 4.69) is 34.9 Å². The van der Waals surface area contributed by atoms with Gasteiger partial charge >= 0.3 is 12.1 Å². The number of carbonyl (C=O) groups is 2. The van der Waals surface area contributed by atoms with Gasteiger partial charge in [-0.3, -0.25) is 0 Å². The molecule has 6 nitrogen and oxygen atoms in total.